The third-order valence-electron chi connectivity index (χ3n) is 3.85. The lowest BCUT2D eigenvalue weighted by molar-refractivity contribution is 0.102. The van der Waals surface area contributed by atoms with Crippen molar-refractivity contribution < 1.29 is 9.53 Å². The van der Waals surface area contributed by atoms with E-state index < -0.39 is 0 Å². The number of hydrogen-bond donors (Lipinski definition) is 2. The minimum absolute atomic E-state index is 0.239. The Kier molecular flexibility index (Phi) is 6.22. The van der Waals surface area contributed by atoms with Crippen molar-refractivity contribution in [3.05, 3.63) is 76.9 Å². The summed E-state index contributed by atoms with van der Waals surface area (Å²) < 4.78 is 5.22. The van der Waals surface area contributed by atoms with Crippen molar-refractivity contribution in [1.82, 2.24) is 10.2 Å². The Morgan fingerprint density at radius 1 is 1.07 bits per heavy atom. The number of carbonyl (C=O) groups excluding carboxylic acids is 1. The van der Waals surface area contributed by atoms with Gasteiger partial charge in [0.1, 0.15) is 11.6 Å². The van der Waals surface area contributed by atoms with Gasteiger partial charge in [-0.05, 0) is 60.5 Å². The lowest BCUT2D eigenvalue weighted by Crippen LogP contribution is -2.15. The zero-order valence-corrected chi connectivity index (χ0v) is 15.5. The molecule has 6 nitrogen and oxygen atoms in total. The van der Waals surface area contributed by atoms with Gasteiger partial charge in [0.05, 0.1) is 7.11 Å². The van der Waals surface area contributed by atoms with Gasteiger partial charge in [0, 0.05) is 17.3 Å². The fourth-order valence-corrected chi connectivity index (χ4v) is 2.56. The first kappa shape index (κ1) is 18.7. The summed E-state index contributed by atoms with van der Waals surface area (Å²) in [7, 11) is 1.65. The quantitative estimate of drug-likeness (QED) is 0.644. The number of ether oxygens (including phenoxy) is 1. The van der Waals surface area contributed by atoms with E-state index in [-0.39, 0.29) is 11.6 Å². The number of hydrogen-bond acceptors (Lipinski definition) is 5. The maximum Gasteiger partial charge on any atom is 0.276 e. The van der Waals surface area contributed by atoms with Crippen LogP contribution in [0, 0.1) is 0 Å². The van der Waals surface area contributed by atoms with Crippen LogP contribution in [-0.2, 0) is 6.42 Å². The van der Waals surface area contributed by atoms with Gasteiger partial charge in [0.15, 0.2) is 5.69 Å². The number of rotatable bonds is 7. The molecule has 1 amide bonds. The first-order chi connectivity index (χ1) is 13.1. The van der Waals surface area contributed by atoms with E-state index in [1.165, 1.54) is 0 Å². The molecule has 138 valence electrons. The van der Waals surface area contributed by atoms with Gasteiger partial charge in [-0.15, -0.1) is 10.2 Å². The van der Waals surface area contributed by atoms with Gasteiger partial charge in [-0.2, -0.15) is 0 Å². The Balaban J connectivity index is 1.52. The Morgan fingerprint density at radius 3 is 2.59 bits per heavy atom. The predicted molar refractivity (Wildman–Crippen MR) is 107 cm³/mol. The van der Waals surface area contributed by atoms with Crippen LogP contribution in [-0.4, -0.2) is 29.8 Å². The van der Waals surface area contributed by atoms with Crippen molar-refractivity contribution in [1.29, 1.82) is 0 Å². The summed E-state index contributed by atoms with van der Waals surface area (Å²) in [6.07, 6.45) is 0.817. The summed E-state index contributed by atoms with van der Waals surface area (Å²) in [6.45, 7) is 0.693. The maximum absolute atomic E-state index is 12.2. The Hall–Kier alpha value is -3.12. The summed E-state index contributed by atoms with van der Waals surface area (Å²) >= 11 is 5.83. The molecule has 0 bridgehead atoms. The summed E-state index contributed by atoms with van der Waals surface area (Å²) in [5.74, 6) is 1.12. The monoisotopic (exact) mass is 382 g/mol. The molecule has 2 aromatic carbocycles. The van der Waals surface area contributed by atoms with Gasteiger partial charge in [0.2, 0.25) is 0 Å². The molecule has 0 atom stereocenters. The van der Waals surface area contributed by atoms with Crippen molar-refractivity contribution in [2.45, 2.75) is 6.42 Å². The zero-order valence-electron chi connectivity index (χ0n) is 14.8. The van der Waals surface area contributed by atoms with Gasteiger partial charge in [-0.25, -0.2) is 0 Å². The molecule has 7 heteroatoms. The van der Waals surface area contributed by atoms with Crippen molar-refractivity contribution in [2.24, 2.45) is 0 Å². The van der Waals surface area contributed by atoms with Crippen LogP contribution in [0.15, 0.2) is 60.7 Å². The SMILES string of the molecule is COc1cccc(CCNc2ccc(C(=O)Nc3ccc(Cl)cc3)nn2)c1. The smallest absolute Gasteiger partial charge is 0.276 e. The van der Waals surface area contributed by atoms with E-state index in [2.05, 4.69) is 20.8 Å². The standard InChI is InChI=1S/C20H19ClN4O2/c1-27-17-4-2-3-14(13-17)11-12-22-19-10-9-18(24-25-19)20(26)23-16-7-5-15(21)6-8-16/h2-10,13H,11-12H2,1H3,(H,22,25)(H,23,26). The highest BCUT2D eigenvalue weighted by atomic mass is 35.5. The minimum Gasteiger partial charge on any atom is -0.497 e. The fourth-order valence-electron chi connectivity index (χ4n) is 2.44. The third kappa shape index (κ3) is 5.43. The molecule has 0 saturated carbocycles. The van der Waals surface area contributed by atoms with E-state index >= 15 is 0 Å². The largest absolute Gasteiger partial charge is 0.497 e. The number of amides is 1. The highest BCUT2D eigenvalue weighted by Gasteiger charge is 2.08. The lowest BCUT2D eigenvalue weighted by atomic mass is 10.1. The molecule has 0 spiro atoms. The summed E-state index contributed by atoms with van der Waals surface area (Å²) in [5, 5.41) is 14.6. The topological polar surface area (TPSA) is 76.1 Å². The molecule has 3 rings (SSSR count). The van der Waals surface area contributed by atoms with Crippen LogP contribution >= 0.6 is 11.6 Å². The summed E-state index contributed by atoms with van der Waals surface area (Å²) in [5.41, 5.74) is 2.05. The molecule has 0 saturated heterocycles. The highest BCUT2D eigenvalue weighted by Crippen LogP contribution is 2.15. The van der Waals surface area contributed by atoms with Crippen LogP contribution in [0.1, 0.15) is 16.1 Å². The van der Waals surface area contributed by atoms with Crippen molar-refractivity contribution >= 4 is 29.0 Å². The van der Waals surface area contributed by atoms with Gasteiger partial charge in [-0.1, -0.05) is 23.7 Å². The van der Waals surface area contributed by atoms with E-state index in [0.717, 1.165) is 17.7 Å². The second-order valence-corrected chi connectivity index (χ2v) is 6.23. The first-order valence-electron chi connectivity index (χ1n) is 8.41. The minimum atomic E-state index is -0.326. The summed E-state index contributed by atoms with van der Waals surface area (Å²) in [4.78, 5) is 12.2. The third-order valence-corrected chi connectivity index (χ3v) is 4.11. The molecule has 1 heterocycles. The Labute approximate surface area is 162 Å². The normalized spacial score (nSPS) is 10.3. The van der Waals surface area contributed by atoms with E-state index in [1.54, 1.807) is 43.5 Å². The van der Waals surface area contributed by atoms with Crippen molar-refractivity contribution in [3.8, 4) is 5.75 Å². The molecule has 1 aromatic heterocycles. The van der Waals surface area contributed by atoms with E-state index in [4.69, 9.17) is 16.3 Å². The zero-order chi connectivity index (χ0) is 19.1. The molecule has 27 heavy (non-hydrogen) atoms. The molecule has 0 radical (unpaired) electrons. The predicted octanol–water partition coefficient (Wildman–Crippen LogP) is 4.05. The average Bonchev–Trinajstić information content (AvgIpc) is 2.70. The summed E-state index contributed by atoms with van der Waals surface area (Å²) in [6, 6.07) is 18.1. The maximum atomic E-state index is 12.2. The number of anilines is 2. The van der Waals surface area contributed by atoms with Crippen LogP contribution in [0.2, 0.25) is 5.02 Å². The molecule has 0 unspecified atom stereocenters. The van der Waals surface area contributed by atoms with Crippen LogP contribution < -0.4 is 15.4 Å². The number of halogens is 1. The van der Waals surface area contributed by atoms with Crippen molar-refractivity contribution in [3.63, 3.8) is 0 Å². The van der Waals surface area contributed by atoms with E-state index in [1.807, 2.05) is 24.3 Å². The Morgan fingerprint density at radius 2 is 1.89 bits per heavy atom. The molecule has 2 N–H and O–H groups in total. The number of nitrogens with one attached hydrogen (secondary N) is 2. The van der Waals surface area contributed by atoms with Crippen LogP contribution in [0.4, 0.5) is 11.5 Å². The van der Waals surface area contributed by atoms with Crippen LogP contribution in [0.5, 0.6) is 5.75 Å². The highest BCUT2D eigenvalue weighted by molar-refractivity contribution is 6.30. The number of nitrogens with zero attached hydrogens (tertiary/aromatic N) is 2. The molecular formula is C20H19ClN4O2. The molecule has 3 aromatic rings. The van der Waals surface area contributed by atoms with Gasteiger partial charge in [-0.3, -0.25) is 4.79 Å². The molecular weight excluding hydrogens is 364 g/mol. The number of aromatic nitrogens is 2. The van der Waals surface area contributed by atoms with Crippen LogP contribution in [0.3, 0.4) is 0 Å². The van der Waals surface area contributed by atoms with E-state index in [9.17, 15) is 4.79 Å². The first-order valence-corrected chi connectivity index (χ1v) is 8.79. The molecule has 0 aliphatic carbocycles. The van der Waals surface area contributed by atoms with Gasteiger partial charge >= 0.3 is 0 Å². The van der Waals surface area contributed by atoms with Crippen LogP contribution in [0.25, 0.3) is 0 Å². The molecule has 0 fully saturated rings. The number of methoxy groups -OCH3 is 1. The van der Waals surface area contributed by atoms with Gasteiger partial charge in [0.25, 0.3) is 5.91 Å². The lowest BCUT2D eigenvalue weighted by Gasteiger charge is -2.07. The Bertz CT molecular complexity index is 899. The molecule has 0 aliphatic rings. The number of benzene rings is 2. The molecule has 0 aliphatic heterocycles. The average molecular weight is 383 g/mol. The second-order valence-electron chi connectivity index (χ2n) is 5.79. The van der Waals surface area contributed by atoms with Gasteiger partial charge < -0.3 is 15.4 Å². The van der Waals surface area contributed by atoms with Crippen molar-refractivity contribution in [2.75, 3.05) is 24.3 Å². The second kappa shape index (κ2) is 9.00. The number of carbonyl (C=O) groups is 1. The van der Waals surface area contributed by atoms with E-state index in [0.29, 0.717) is 23.1 Å². The fraction of sp³-hybridized carbons (Fsp3) is 0.150.